The number of fused-ring (bicyclic) bond motifs is 1. The summed E-state index contributed by atoms with van der Waals surface area (Å²) in [7, 11) is 1.45. The van der Waals surface area contributed by atoms with E-state index in [2.05, 4.69) is 35.2 Å². The number of hydrogen-bond donors (Lipinski definition) is 1. The van der Waals surface area contributed by atoms with Crippen LogP contribution in [0, 0.1) is 11.7 Å². The molecule has 0 spiro atoms. The van der Waals surface area contributed by atoms with E-state index < -0.39 is 17.7 Å². The molecule has 4 nitrogen and oxygen atoms in total. The van der Waals surface area contributed by atoms with Gasteiger partial charge in [0.1, 0.15) is 0 Å². The SMILES string of the molecule is COc1ccc(C(c2ccc3ccccc3c2)N2CCCC(C(=O)O)C2)cc1F. The molecule has 0 aromatic heterocycles. The van der Waals surface area contributed by atoms with E-state index in [1.807, 2.05) is 18.2 Å². The van der Waals surface area contributed by atoms with Gasteiger partial charge in [0.05, 0.1) is 19.1 Å². The van der Waals surface area contributed by atoms with Gasteiger partial charge >= 0.3 is 5.97 Å². The van der Waals surface area contributed by atoms with Gasteiger partial charge in [-0.3, -0.25) is 9.69 Å². The number of halogens is 1. The molecular weight excluding hydrogens is 369 g/mol. The summed E-state index contributed by atoms with van der Waals surface area (Å²) in [6.45, 7) is 1.22. The zero-order valence-corrected chi connectivity index (χ0v) is 16.3. The van der Waals surface area contributed by atoms with Crippen LogP contribution in [0.5, 0.6) is 5.75 Å². The number of carbonyl (C=O) groups is 1. The molecule has 1 heterocycles. The predicted molar refractivity (Wildman–Crippen MR) is 111 cm³/mol. The molecule has 4 rings (SSSR count). The Morgan fingerprint density at radius 2 is 1.83 bits per heavy atom. The van der Waals surface area contributed by atoms with Crippen LogP contribution >= 0.6 is 0 Å². The van der Waals surface area contributed by atoms with Crippen molar-refractivity contribution in [2.45, 2.75) is 18.9 Å². The number of aliphatic carboxylic acids is 1. The van der Waals surface area contributed by atoms with Crippen LogP contribution in [0.3, 0.4) is 0 Å². The number of likely N-dealkylation sites (tertiary alicyclic amines) is 1. The minimum Gasteiger partial charge on any atom is -0.494 e. The number of hydrogen-bond acceptors (Lipinski definition) is 3. The van der Waals surface area contributed by atoms with Crippen molar-refractivity contribution in [3.63, 3.8) is 0 Å². The molecule has 1 N–H and O–H groups in total. The van der Waals surface area contributed by atoms with Crippen LogP contribution in [-0.4, -0.2) is 36.2 Å². The van der Waals surface area contributed by atoms with Gasteiger partial charge in [-0.05, 0) is 59.5 Å². The molecule has 150 valence electrons. The summed E-state index contributed by atoms with van der Waals surface area (Å²) in [5.74, 6) is -1.39. The largest absolute Gasteiger partial charge is 0.494 e. The highest BCUT2D eigenvalue weighted by atomic mass is 19.1. The van der Waals surface area contributed by atoms with E-state index in [-0.39, 0.29) is 11.8 Å². The van der Waals surface area contributed by atoms with Crippen LogP contribution in [0.15, 0.2) is 60.7 Å². The highest BCUT2D eigenvalue weighted by Gasteiger charge is 2.31. The molecule has 3 aromatic carbocycles. The summed E-state index contributed by atoms with van der Waals surface area (Å²) in [5, 5.41) is 11.8. The summed E-state index contributed by atoms with van der Waals surface area (Å²) in [5.41, 5.74) is 1.82. The average Bonchev–Trinajstić information content (AvgIpc) is 2.74. The van der Waals surface area contributed by atoms with E-state index >= 15 is 0 Å². The Kier molecular flexibility index (Phi) is 5.49. The number of carboxylic acids is 1. The maximum atomic E-state index is 14.5. The molecule has 0 aliphatic carbocycles. The fourth-order valence-electron chi connectivity index (χ4n) is 4.29. The fraction of sp³-hybridized carbons (Fsp3) is 0.292. The third-order valence-electron chi connectivity index (χ3n) is 5.75. The molecule has 1 fully saturated rings. The second kappa shape index (κ2) is 8.21. The smallest absolute Gasteiger partial charge is 0.307 e. The first-order valence-electron chi connectivity index (χ1n) is 9.86. The van der Waals surface area contributed by atoms with Crippen LogP contribution in [0.1, 0.15) is 30.0 Å². The highest BCUT2D eigenvalue weighted by Crippen LogP contribution is 2.35. The van der Waals surface area contributed by atoms with E-state index in [1.165, 1.54) is 13.2 Å². The lowest BCUT2D eigenvalue weighted by Crippen LogP contribution is -2.41. The van der Waals surface area contributed by atoms with E-state index in [4.69, 9.17) is 4.74 Å². The minimum atomic E-state index is -0.770. The van der Waals surface area contributed by atoms with Gasteiger partial charge in [-0.25, -0.2) is 4.39 Å². The molecular formula is C24H24FNO3. The second-order valence-corrected chi connectivity index (χ2v) is 7.58. The Labute approximate surface area is 169 Å². The molecule has 1 aliphatic rings. The molecule has 5 heteroatoms. The highest BCUT2D eigenvalue weighted by molar-refractivity contribution is 5.83. The van der Waals surface area contributed by atoms with Crippen molar-refractivity contribution in [2.75, 3.05) is 20.2 Å². The van der Waals surface area contributed by atoms with Crippen molar-refractivity contribution in [3.8, 4) is 5.75 Å². The summed E-state index contributed by atoms with van der Waals surface area (Å²) >= 11 is 0. The van der Waals surface area contributed by atoms with E-state index in [0.717, 1.165) is 34.9 Å². The molecule has 2 unspecified atom stereocenters. The Balaban J connectivity index is 1.79. The Bertz CT molecular complexity index is 1040. The lowest BCUT2D eigenvalue weighted by Gasteiger charge is -2.37. The van der Waals surface area contributed by atoms with Gasteiger partial charge in [0.15, 0.2) is 11.6 Å². The first-order valence-corrected chi connectivity index (χ1v) is 9.86. The van der Waals surface area contributed by atoms with Gasteiger partial charge in [0.25, 0.3) is 0 Å². The van der Waals surface area contributed by atoms with Gasteiger partial charge in [0, 0.05) is 6.54 Å². The molecule has 29 heavy (non-hydrogen) atoms. The standard InChI is InChI=1S/C24H24FNO3/c1-29-22-11-10-19(14-21(22)25)23(26-12-4-7-20(15-26)24(27)28)18-9-8-16-5-2-3-6-17(16)13-18/h2-3,5-6,8-11,13-14,20,23H,4,7,12,15H2,1H3,(H,27,28). The Morgan fingerprint density at radius 1 is 1.10 bits per heavy atom. The molecule has 0 saturated carbocycles. The third kappa shape index (κ3) is 3.96. The van der Waals surface area contributed by atoms with Crippen molar-refractivity contribution in [3.05, 3.63) is 77.6 Å². The summed E-state index contributed by atoms with van der Waals surface area (Å²) in [6, 6.07) is 19.1. The van der Waals surface area contributed by atoms with Gasteiger partial charge in [-0.1, -0.05) is 42.5 Å². The van der Waals surface area contributed by atoms with Crippen molar-refractivity contribution >= 4 is 16.7 Å². The van der Waals surface area contributed by atoms with Gasteiger partial charge < -0.3 is 9.84 Å². The number of ether oxygens (including phenoxy) is 1. The zero-order valence-electron chi connectivity index (χ0n) is 16.3. The number of methoxy groups -OCH3 is 1. The number of rotatable bonds is 5. The van der Waals surface area contributed by atoms with Crippen molar-refractivity contribution in [1.29, 1.82) is 0 Å². The monoisotopic (exact) mass is 393 g/mol. The van der Waals surface area contributed by atoms with Crippen LogP contribution in [0.2, 0.25) is 0 Å². The van der Waals surface area contributed by atoms with E-state index in [0.29, 0.717) is 13.0 Å². The topological polar surface area (TPSA) is 49.8 Å². The first kappa shape index (κ1) is 19.4. The van der Waals surface area contributed by atoms with Crippen molar-refractivity contribution in [1.82, 2.24) is 4.90 Å². The molecule has 1 aliphatic heterocycles. The van der Waals surface area contributed by atoms with Crippen molar-refractivity contribution < 1.29 is 19.0 Å². The number of benzene rings is 3. The minimum absolute atomic E-state index is 0.202. The van der Waals surface area contributed by atoms with Gasteiger partial charge in [-0.15, -0.1) is 0 Å². The molecule has 1 saturated heterocycles. The van der Waals surface area contributed by atoms with Crippen LogP contribution < -0.4 is 4.74 Å². The Hall–Kier alpha value is -2.92. The summed E-state index contributed by atoms with van der Waals surface area (Å²) in [4.78, 5) is 13.8. The third-order valence-corrected chi connectivity index (χ3v) is 5.75. The number of nitrogens with zero attached hydrogens (tertiary/aromatic N) is 1. The van der Waals surface area contributed by atoms with Crippen LogP contribution in [0.4, 0.5) is 4.39 Å². The van der Waals surface area contributed by atoms with Crippen LogP contribution in [0.25, 0.3) is 10.8 Å². The molecule has 0 bridgehead atoms. The van der Waals surface area contributed by atoms with Crippen LogP contribution in [-0.2, 0) is 4.79 Å². The zero-order chi connectivity index (χ0) is 20.4. The molecule has 2 atom stereocenters. The average molecular weight is 393 g/mol. The molecule has 0 amide bonds. The quantitative estimate of drug-likeness (QED) is 0.672. The predicted octanol–water partition coefficient (Wildman–Crippen LogP) is 4.87. The molecule has 0 radical (unpaired) electrons. The maximum Gasteiger partial charge on any atom is 0.307 e. The van der Waals surface area contributed by atoms with Gasteiger partial charge in [0.2, 0.25) is 0 Å². The number of carboxylic acid groups (broad SMARTS) is 1. The summed E-state index contributed by atoms with van der Waals surface area (Å²) in [6.07, 6.45) is 1.48. The number of piperidine rings is 1. The van der Waals surface area contributed by atoms with E-state index in [9.17, 15) is 14.3 Å². The lowest BCUT2D eigenvalue weighted by molar-refractivity contribution is -0.143. The second-order valence-electron chi connectivity index (χ2n) is 7.58. The first-order chi connectivity index (χ1) is 14.1. The van der Waals surface area contributed by atoms with Crippen molar-refractivity contribution in [2.24, 2.45) is 5.92 Å². The lowest BCUT2D eigenvalue weighted by atomic mass is 9.90. The summed E-state index contributed by atoms with van der Waals surface area (Å²) < 4.78 is 19.6. The fourth-order valence-corrected chi connectivity index (χ4v) is 4.29. The molecule has 3 aromatic rings. The Morgan fingerprint density at radius 3 is 2.55 bits per heavy atom. The van der Waals surface area contributed by atoms with E-state index in [1.54, 1.807) is 6.07 Å². The maximum absolute atomic E-state index is 14.5. The van der Waals surface area contributed by atoms with Gasteiger partial charge in [-0.2, -0.15) is 0 Å². The normalized spacial score (nSPS) is 18.5.